The Morgan fingerprint density at radius 2 is 2.00 bits per heavy atom. The molecule has 0 aliphatic heterocycles. The Labute approximate surface area is 179 Å². The number of nitrogens with zero attached hydrogens (tertiary/aromatic N) is 3. The first-order valence-corrected chi connectivity index (χ1v) is 11.9. The van der Waals surface area contributed by atoms with E-state index < -0.39 is 0 Å². The number of hydrogen-bond donors (Lipinski definition) is 0. The Bertz CT molecular complexity index is 1370. The number of hydrogen-bond acceptors (Lipinski definition) is 6. The van der Waals surface area contributed by atoms with Gasteiger partial charge in [0.15, 0.2) is 5.16 Å². The SMILES string of the molecule is Cc1ccccc1CSc1nc2c(sc3ncccc32)c(=O)n1Cc1cccs1. The molecule has 5 rings (SSSR count). The highest BCUT2D eigenvalue weighted by Gasteiger charge is 2.17. The average Bonchev–Trinajstić information content (AvgIpc) is 3.38. The third-order valence-electron chi connectivity index (χ3n) is 4.83. The lowest BCUT2D eigenvalue weighted by Gasteiger charge is -2.12. The van der Waals surface area contributed by atoms with Gasteiger partial charge in [0.05, 0.1) is 12.1 Å². The van der Waals surface area contributed by atoms with Crippen LogP contribution in [0.25, 0.3) is 20.4 Å². The number of rotatable bonds is 5. The first kappa shape index (κ1) is 18.5. The minimum atomic E-state index is 0.0127. The largest absolute Gasteiger partial charge is 0.281 e. The van der Waals surface area contributed by atoms with Crippen molar-refractivity contribution in [3.63, 3.8) is 0 Å². The van der Waals surface area contributed by atoms with Crippen LogP contribution < -0.4 is 5.56 Å². The molecule has 5 aromatic rings. The third-order valence-corrected chi connectivity index (χ3v) is 7.81. The van der Waals surface area contributed by atoms with Gasteiger partial charge in [-0.05, 0) is 41.6 Å². The molecule has 1 aromatic carbocycles. The predicted octanol–water partition coefficient (Wildman–Crippen LogP) is 5.72. The van der Waals surface area contributed by atoms with Crippen molar-refractivity contribution in [1.29, 1.82) is 0 Å². The molecule has 0 saturated heterocycles. The predicted molar refractivity (Wildman–Crippen MR) is 123 cm³/mol. The minimum absolute atomic E-state index is 0.0127. The first-order chi connectivity index (χ1) is 14.2. The molecule has 0 aliphatic rings. The summed E-state index contributed by atoms with van der Waals surface area (Å²) >= 11 is 4.70. The summed E-state index contributed by atoms with van der Waals surface area (Å²) in [7, 11) is 0. The smallest absolute Gasteiger partial charge is 0.272 e. The van der Waals surface area contributed by atoms with Crippen LogP contribution in [0.15, 0.2) is 70.1 Å². The molecule has 0 spiro atoms. The van der Waals surface area contributed by atoms with Crippen molar-refractivity contribution in [3.8, 4) is 0 Å². The maximum Gasteiger partial charge on any atom is 0.272 e. The van der Waals surface area contributed by atoms with Crippen LogP contribution in [0.4, 0.5) is 0 Å². The van der Waals surface area contributed by atoms with Gasteiger partial charge in [0.1, 0.15) is 9.53 Å². The normalized spacial score (nSPS) is 11.5. The van der Waals surface area contributed by atoms with Crippen LogP contribution in [0.3, 0.4) is 0 Å². The van der Waals surface area contributed by atoms with Crippen LogP contribution in [-0.2, 0) is 12.3 Å². The molecule has 0 saturated carbocycles. The summed E-state index contributed by atoms with van der Waals surface area (Å²) in [6, 6.07) is 16.3. The van der Waals surface area contributed by atoms with Gasteiger partial charge in [-0.1, -0.05) is 42.1 Å². The Morgan fingerprint density at radius 1 is 1.10 bits per heavy atom. The van der Waals surface area contributed by atoms with Gasteiger partial charge < -0.3 is 0 Å². The molecular formula is C22H17N3OS3. The summed E-state index contributed by atoms with van der Waals surface area (Å²) in [4.78, 5) is 24.8. The van der Waals surface area contributed by atoms with E-state index in [4.69, 9.17) is 4.98 Å². The van der Waals surface area contributed by atoms with E-state index >= 15 is 0 Å². The average molecular weight is 436 g/mol. The van der Waals surface area contributed by atoms with Crippen LogP contribution >= 0.6 is 34.4 Å². The summed E-state index contributed by atoms with van der Waals surface area (Å²) < 4.78 is 2.49. The Morgan fingerprint density at radius 3 is 2.83 bits per heavy atom. The number of fused-ring (bicyclic) bond motifs is 3. The zero-order valence-electron chi connectivity index (χ0n) is 15.7. The minimum Gasteiger partial charge on any atom is -0.281 e. The second-order valence-corrected chi connectivity index (χ2v) is 9.69. The molecule has 0 radical (unpaired) electrons. The van der Waals surface area contributed by atoms with E-state index in [-0.39, 0.29) is 5.56 Å². The second-order valence-electron chi connectivity index (χ2n) is 6.72. The Kier molecular flexibility index (Phi) is 4.95. The van der Waals surface area contributed by atoms with Gasteiger partial charge in [0.2, 0.25) is 0 Å². The van der Waals surface area contributed by atoms with Crippen molar-refractivity contribution in [2.75, 3.05) is 0 Å². The topological polar surface area (TPSA) is 47.8 Å². The molecule has 0 fully saturated rings. The molecule has 4 nitrogen and oxygen atoms in total. The van der Waals surface area contributed by atoms with Crippen molar-refractivity contribution < 1.29 is 0 Å². The molecule has 4 heterocycles. The molecular weight excluding hydrogens is 418 g/mol. The number of benzene rings is 1. The van der Waals surface area contributed by atoms with Crippen molar-refractivity contribution in [2.24, 2.45) is 0 Å². The summed E-state index contributed by atoms with van der Waals surface area (Å²) in [5.41, 5.74) is 3.28. The van der Waals surface area contributed by atoms with Gasteiger partial charge in [0, 0.05) is 22.2 Å². The Balaban J connectivity index is 1.65. The Hall–Kier alpha value is -2.48. The van der Waals surface area contributed by atoms with Crippen LogP contribution in [-0.4, -0.2) is 14.5 Å². The molecule has 0 bridgehead atoms. The quantitative estimate of drug-likeness (QED) is 0.262. The molecule has 144 valence electrons. The molecule has 7 heteroatoms. The summed E-state index contributed by atoms with van der Waals surface area (Å²) in [5, 5.41) is 3.74. The van der Waals surface area contributed by atoms with E-state index in [0.29, 0.717) is 11.2 Å². The standard InChI is InChI=1S/C22H17N3OS3/c1-14-6-2-3-7-15(14)13-28-22-24-18-17-9-4-10-23-20(17)29-19(18)21(26)25(22)12-16-8-5-11-27-16/h2-11H,12-13H2,1H3. The molecule has 29 heavy (non-hydrogen) atoms. The third kappa shape index (κ3) is 3.50. The summed E-state index contributed by atoms with van der Waals surface area (Å²) in [5.74, 6) is 0.773. The lowest BCUT2D eigenvalue weighted by atomic mass is 10.1. The second kappa shape index (κ2) is 7.74. The zero-order chi connectivity index (χ0) is 19.8. The highest BCUT2D eigenvalue weighted by atomic mass is 32.2. The number of pyridine rings is 1. The fraction of sp³-hybridized carbons (Fsp3) is 0.136. The van der Waals surface area contributed by atoms with Crippen LogP contribution in [0.2, 0.25) is 0 Å². The van der Waals surface area contributed by atoms with Gasteiger partial charge in [-0.25, -0.2) is 9.97 Å². The highest BCUT2D eigenvalue weighted by Crippen LogP contribution is 2.32. The van der Waals surface area contributed by atoms with Crippen LogP contribution in [0, 0.1) is 6.92 Å². The lowest BCUT2D eigenvalue weighted by Crippen LogP contribution is -2.22. The van der Waals surface area contributed by atoms with Gasteiger partial charge >= 0.3 is 0 Å². The van der Waals surface area contributed by atoms with E-state index in [0.717, 1.165) is 31.5 Å². The van der Waals surface area contributed by atoms with E-state index in [2.05, 4.69) is 36.2 Å². The molecule has 0 amide bonds. The number of thioether (sulfide) groups is 1. The van der Waals surface area contributed by atoms with Crippen molar-refractivity contribution in [1.82, 2.24) is 14.5 Å². The molecule has 0 aliphatic carbocycles. The number of aromatic nitrogens is 3. The fourth-order valence-electron chi connectivity index (χ4n) is 3.26. The van der Waals surface area contributed by atoms with E-state index in [9.17, 15) is 4.79 Å². The number of aryl methyl sites for hydroxylation is 1. The fourth-order valence-corrected chi connectivity index (χ4v) is 6.06. The van der Waals surface area contributed by atoms with Gasteiger partial charge in [-0.3, -0.25) is 9.36 Å². The maximum atomic E-state index is 13.4. The number of thiophene rings is 2. The van der Waals surface area contributed by atoms with Crippen LogP contribution in [0.5, 0.6) is 0 Å². The van der Waals surface area contributed by atoms with Gasteiger partial charge in [0.25, 0.3) is 5.56 Å². The molecule has 4 aromatic heterocycles. The van der Waals surface area contributed by atoms with Crippen molar-refractivity contribution in [2.45, 2.75) is 24.4 Å². The van der Waals surface area contributed by atoms with Crippen molar-refractivity contribution >= 4 is 54.9 Å². The monoisotopic (exact) mass is 435 g/mol. The molecule has 0 N–H and O–H groups in total. The zero-order valence-corrected chi connectivity index (χ0v) is 18.1. The van der Waals surface area contributed by atoms with E-state index in [1.54, 1.807) is 29.3 Å². The highest BCUT2D eigenvalue weighted by molar-refractivity contribution is 7.98. The molecule has 0 atom stereocenters. The van der Waals surface area contributed by atoms with Gasteiger partial charge in [-0.2, -0.15) is 0 Å². The van der Waals surface area contributed by atoms with Crippen molar-refractivity contribution in [3.05, 3.63) is 86.5 Å². The first-order valence-electron chi connectivity index (χ1n) is 9.18. The van der Waals surface area contributed by atoms with Gasteiger partial charge in [-0.15, -0.1) is 22.7 Å². The summed E-state index contributed by atoms with van der Waals surface area (Å²) in [6.45, 7) is 2.65. The van der Waals surface area contributed by atoms with Crippen LogP contribution in [0.1, 0.15) is 16.0 Å². The molecule has 0 unspecified atom stereocenters. The lowest BCUT2D eigenvalue weighted by molar-refractivity contribution is 0.666. The van der Waals surface area contributed by atoms with E-state index in [1.165, 1.54) is 22.5 Å². The maximum absolute atomic E-state index is 13.4. The summed E-state index contributed by atoms with van der Waals surface area (Å²) in [6.07, 6.45) is 1.76. The van der Waals surface area contributed by atoms with E-state index in [1.807, 2.05) is 34.2 Å².